The van der Waals surface area contributed by atoms with Gasteiger partial charge in [0.1, 0.15) is 0 Å². The normalized spacial score (nSPS) is 13.5. The van der Waals surface area contributed by atoms with Crippen molar-refractivity contribution in [1.82, 2.24) is 20.1 Å². The second-order valence-corrected chi connectivity index (χ2v) is 8.36. The van der Waals surface area contributed by atoms with Crippen molar-refractivity contribution in [2.24, 2.45) is 0 Å². The molecular formula is C25H27ClN4O. The zero-order valence-corrected chi connectivity index (χ0v) is 18.9. The van der Waals surface area contributed by atoms with Gasteiger partial charge in [0, 0.05) is 42.2 Å². The number of methoxy groups -OCH3 is 1. The van der Waals surface area contributed by atoms with E-state index >= 15 is 0 Å². The van der Waals surface area contributed by atoms with E-state index in [1.807, 2.05) is 12.3 Å². The fourth-order valence-corrected chi connectivity index (χ4v) is 5.08. The van der Waals surface area contributed by atoms with Gasteiger partial charge in [0.05, 0.1) is 34.7 Å². The molecule has 0 atom stereocenters. The maximum absolute atomic E-state index is 6.69. The summed E-state index contributed by atoms with van der Waals surface area (Å²) in [5, 5.41) is 10.4. The van der Waals surface area contributed by atoms with Crippen LogP contribution in [0, 0.1) is 0 Å². The fraction of sp³-hybridized carbons (Fsp3) is 0.320. The highest BCUT2D eigenvalue weighted by molar-refractivity contribution is 6.34. The van der Waals surface area contributed by atoms with E-state index < -0.39 is 0 Å². The van der Waals surface area contributed by atoms with Gasteiger partial charge in [-0.15, -0.1) is 0 Å². The smallest absolute Gasteiger partial charge is 0.161 e. The third-order valence-electron chi connectivity index (χ3n) is 6.30. The number of nitrogens with one attached hydrogen (secondary N) is 2. The van der Waals surface area contributed by atoms with E-state index in [0.29, 0.717) is 10.8 Å². The third-order valence-corrected chi connectivity index (χ3v) is 6.58. The highest BCUT2D eigenvalue weighted by atomic mass is 35.5. The minimum Gasteiger partial charge on any atom is -0.493 e. The molecule has 31 heavy (non-hydrogen) atoms. The largest absolute Gasteiger partial charge is 0.493 e. The van der Waals surface area contributed by atoms with Gasteiger partial charge in [-0.2, -0.15) is 5.10 Å². The van der Waals surface area contributed by atoms with E-state index in [1.54, 1.807) is 7.11 Å². The van der Waals surface area contributed by atoms with E-state index in [-0.39, 0.29) is 0 Å². The molecule has 4 aromatic rings. The summed E-state index contributed by atoms with van der Waals surface area (Å²) in [7, 11) is 1.65. The Morgan fingerprint density at radius 3 is 2.65 bits per heavy atom. The second-order valence-electron chi connectivity index (χ2n) is 7.95. The third kappa shape index (κ3) is 3.15. The van der Waals surface area contributed by atoms with Crippen molar-refractivity contribution in [1.29, 1.82) is 0 Å². The van der Waals surface area contributed by atoms with E-state index in [2.05, 4.69) is 53.1 Å². The van der Waals surface area contributed by atoms with E-state index in [9.17, 15) is 0 Å². The zero-order chi connectivity index (χ0) is 21.5. The van der Waals surface area contributed by atoms with Crippen molar-refractivity contribution in [2.75, 3.05) is 13.7 Å². The van der Waals surface area contributed by atoms with Gasteiger partial charge in [0.2, 0.25) is 0 Å². The Morgan fingerprint density at radius 2 is 1.94 bits per heavy atom. The molecule has 0 amide bonds. The number of nitrogens with zero attached hydrogens (tertiary/aromatic N) is 2. The first-order chi connectivity index (χ1) is 15.2. The molecule has 1 aliphatic rings. The van der Waals surface area contributed by atoms with Crippen LogP contribution in [-0.2, 0) is 25.8 Å². The van der Waals surface area contributed by atoms with Gasteiger partial charge in [0.15, 0.2) is 5.75 Å². The Hall–Kier alpha value is -2.76. The van der Waals surface area contributed by atoms with Crippen LogP contribution in [0.3, 0.4) is 0 Å². The number of hydrogen-bond donors (Lipinski definition) is 2. The number of ether oxygens (including phenoxy) is 1. The lowest BCUT2D eigenvalue weighted by Crippen LogP contribution is -2.23. The lowest BCUT2D eigenvalue weighted by atomic mass is 9.97. The molecule has 160 valence electrons. The molecule has 0 fully saturated rings. The molecule has 2 N–H and O–H groups in total. The molecule has 1 aliphatic heterocycles. The molecule has 3 heterocycles. The number of fused-ring (bicyclic) bond motifs is 2. The Balaban J connectivity index is 1.88. The molecule has 5 nitrogen and oxygen atoms in total. The molecule has 0 bridgehead atoms. The highest BCUT2D eigenvalue weighted by Gasteiger charge is 2.27. The lowest BCUT2D eigenvalue weighted by molar-refractivity contribution is 0.419. The van der Waals surface area contributed by atoms with Crippen LogP contribution < -0.4 is 10.1 Å². The quantitative estimate of drug-likeness (QED) is 0.439. The van der Waals surface area contributed by atoms with Crippen LogP contribution in [0.15, 0.2) is 36.5 Å². The Kier molecular flexibility index (Phi) is 5.24. The Morgan fingerprint density at radius 1 is 1.16 bits per heavy atom. The van der Waals surface area contributed by atoms with Gasteiger partial charge >= 0.3 is 0 Å². The number of aromatic nitrogens is 3. The lowest BCUT2D eigenvalue weighted by Gasteiger charge is -2.18. The molecular weight excluding hydrogens is 408 g/mol. The maximum Gasteiger partial charge on any atom is 0.161 e. The molecule has 6 heteroatoms. The fourth-order valence-electron chi connectivity index (χ4n) is 4.79. The van der Waals surface area contributed by atoms with Crippen LogP contribution in [0.2, 0.25) is 5.02 Å². The van der Waals surface area contributed by atoms with E-state index in [1.165, 1.54) is 22.4 Å². The molecule has 0 unspecified atom stereocenters. The van der Waals surface area contributed by atoms with Crippen molar-refractivity contribution in [3.8, 4) is 22.7 Å². The summed E-state index contributed by atoms with van der Waals surface area (Å²) in [6, 6.07) is 10.7. The molecule has 0 saturated carbocycles. The minimum absolute atomic E-state index is 0.595. The SMILES string of the molecule is CCc1cccc(CC)c1-n1nc2c(c1-c1cc(Cl)c(OC)c3[nH]ccc13)CNCC2. The van der Waals surface area contributed by atoms with Gasteiger partial charge in [-0.25, -0.2) is 4.68 Å². The second kappa shape index (κ2) is 8.06. The summed E-state index contributed by atoms with van der Waals surface area (Å²) >= 11 is 6.69. The first-order valence-electron chi connectivity index (χ1n) is 10.9. The van der Waals surface area contributed by atoms with E-state index in [0.717, 1.165) is 60.2 Å². The molecule has 0 radical (unpaired) electrons. The van der Waals surface area contributed by atoms with Gasteiger partial charge in [0.25, 0.3) is 0 Å². The number of H-pyrrole nitrogens is 1. The Bertz CT molecular complexity index is 1250. The average Bonchev–Trinajstić information content (AvgIpc) is 3.43. The zero-order valence-electron chi connectivity index (χ0n) is 18.2. The molecule has 5 rings (SSSR count). The van der Waals surface area contributed by atoms with Crippen molar-refractivity contribution >= 4 is 22.5 Å². The van der Waals surface area contributed by atoms with E-state index in [4.69, 9.17) is 21.4 Å². The van der Waals surface area contributed by atoms with Crippen LogP contribution in [0.1, 0.15) is 36.2 Å². The van der Waals surface area contributed by atoms with Crippen molar-refractivity contribution in [3.63, 3.8) is 0 Å². The number of rotatable bonds is 5. The van der Waals surface area contributed by atoms with Gasteiger partial charge in [-0.05, 0) is 36.1 Å². The number of aromatic amines is 1. The topological polar surface area (TPSA) is 54.9 Å². The number of halogens is 1. The van der Waals surface area contributed by atoms with Crippen molar-refractivity contribution < 1.29 is 4.74 Å². The summed E-state index contributed by atoms with van der Waals surface area (Å²) in [4.78, 5) is 3.31. The number of hydrogen-bond acceptors (Lipinski definition) is 3. The summed E-state index contributed by atoms with van der Waals surface area (Å²) in [6.07, 6.45) is 4.77. The molecule has 2 aromatic heterocycles. The number of aryl methyl sites for hydroxylation is 2. The van der Waals surface area contributed by atoms with Crippen LogP contribution in [-0.4, -0.2) is 28.4 Å². The van der Waals surface area contributed by atoms with Crippen molar-refractivity contribution in [2.45, 2.75) is 39.7 Å². The number of para-hydroxylation sites is 1. The van der Waals surface area contributed by atoms with Crippen LogP contribution in [0.4, 0.5) is 0 Å². The monoisotopic (exact) mass is 434 g/mol. The van der Waals surface area contributed by atoms with Gasteiger partial charge in [-0.3, -0.25) is 0 Å². The predicted molar refractivity (Wildman–Crippen MR) is 127 cm³/mol. The number of benzene rings is 2. The van der Waals surface area contributed by atoms with Gasteiger partial charge < -0.3 is 15.0 Å². The first-order valence-corrected chi connectivity index (χ1v) is 11.3. The Labute approximate surface area is 187 Å². The average molecular weight is 435 g/mol. The van der Waals surface area contributed by atoms with Gasteiger partial charge in [-0.1, -0.05) is 43.6 Å². The first kappa shape index (κ1) is 20.2. The highest BCUT2D eigenvalue weighted by Crippen LogP contribution is 2.42. The summed E-state index contributed by atoms with van der Waals surface area (Å²) < 4.78 is 7.77. The summed E-state index contributed by atoms with van der Waals surface area (Å²) in [5.41, 5.74) is 9.33. The van der Waals surface area contributed by atoms with Crippen LogP contribution >= 0.6 is 11.6 Å². The standard InChI is InChI=1S/C25H27ClN4O/c1-4-15-7-6-8-16(5-2)23(15)30-24(19-14-27-11-10-21(19)29-30)18-13-20(26)25(31-3)22-17(18)9-12-28-22/h6-9,12-13,27-28H,4-5,10-11,14H2,1-3H3. The molecule has 2 aromatic carbocycles. The minimum atomic E-state index is 0.595. The summed E-state index contributed by atoms with van der Waals surface area (Å²) in [5.74, 6) is 0.673. The predicted octanol–water partition coefficient (Wildman–Crippen LogP) is 5.45. The summed E-state index contributed by atoms with van der Waals surface area (Å²) in [6.45, 7) is 6.16. The van der Waals surface area contributed by atoms with Crippen LogP contribution in [0.25, 0.3) is 27.8 Å². The molecule has 0 saturated heterocycles. The maximum atomic E-state index is 6.69. The molecule has 0 spiro atoms. The van der Waals surface area contributed by atoms with Crippen LogP contribution in [0.5, 0.6) is 5.75 Å². The molecule has 0 aliphatic carbocycles. The van der Waals surface area contributed by atoms with Crippen molar-refractivity contribution in [3.05, 3.63) is 63.9 Å².